The second-order valence-corrected chi connectivity index (χ2v) is 5.48. The van der Waals surface area contributed by atoms with E-state index >= 15 is 0 Å². The lowest BCUT2D eigenvalue weighted by Gasteiger charge is -2.10. The number of halogens is 1. The van der Waals surface area contributed by atoms with Gasteiger partial charge in [0.15, 0.2) is 0 Å². The number of nitrogens with zero attached hydrogens (tertiary/aromatic N) is 2. The van der Waals surface area contributed by atoms with E-state index in [2.05, 4.69) is 20.6 Å². The summed E-state index contributed by atoms with van der Waals surface area (Å²) in [6, 6.07) is 13.5. The van der Waals surface area contributed by atoms with Gasteiger partial charge in [-0.1, -0.05) is 6.07 Å². The molecule has 5 nitrogen and oxygen atoms in total. The molecule has 0 saturated heterocycles. The molecule has 24 heavy (non-hydrogen) atoms. The maximum Gasteiger partial charge on any atom is 0.125 e. The molecule has 1 aromatic carbocycles. The molecule has 0 saturated carbocycles. The number of hydrogen-bond acceptors (Lipinski definition) is 5. The molecule has 3 N–H and O–H groups in total. The second-order valence-electron chi connectivity index (χ2n) is 5.48. The monoisotopic (exact) mass is 326 g/mol. The average Bonchev–Trinajstić information content (AvgIpc) is 2.65. The minimum atomic E-state index is -0.991. The van der Waals surface area contributed by atoms with Crippen molar-refractivity contribution >= 4 is 22.4 Å². The summed E-state index contributed by atoms with van der Waals surface area (Å²) < 4.78 is 12.3. The van der Waals surface area contributed by atoms with Gasteiger partial charge in [0.2, 0.25) is 0 Å². The second kappa shape index (κ2) is 7.23. The Bertz CT molecular complexity index is 823. The van der Waals surface area contributed by atoms with Crippen LogP contribution in [0.5, 0.6) is 0 Å². The standard InChI is InChI=1S/C18H19FN4O/c1-20-18-7-3-13(10-22-18)17-5-2-12-8-14(4-6-16(12)23-17)21-11-15(24)9-19/h2-8,10,15,21,24H,9,11H2,1H3,(H,20,22). The molecular weight excluding hydrogens is 307 g/mol. The highest BCUT2D eigenvalue weighted by molar-refractivity contribution is 5.84. The van der Waals surface area contributed by atoms with Crippen LogP contribution in [-0.4, -0.2) is 41.4 Å². The SMILES string of the molecule is CNc1ccc(-c2ccc3cc(NCC(O)CF)ccc3n2)cn1. The van der Waals surface area contributed by atoms with Gasteiger partial charge in [-0.2, -0.15) is 0 Å². The smallest absolute Gasteiger partial charge is 0.125 e. The fourth-order valence-corrected chi connectivity index (χ4v) is 2.38. The van der Waals surface area contributed by atoms with Crippen molar-refractivity contribution in [3.05, 3.63) is 48.7 Å². The number of benzene rings is 1. The van der Waals surface area contributed by atoms with E-state index in [1.807, 2.05) is 49.5 Å². The molecule has 3 aromatic rings. The summed E-state index contributed by atoms with van der Waals surface area (Å²) in [5, 5.41) is 16.2. The number of aliphatic hydroxyl groups is 1. The van der Waals surface area contributed by atoms with E-state index in [9.17, 15) is 9.50 Å². The van der Waals surface area contributed by atoms with Gasteiger partial charge in [-0.25, -0.2) is 14.4 Å². The number of aromatic nitrogens is 2. The van der Waals surface area contributed by atoms with Gasteiger partial charge >= 0.3 is 0 Å². The van der Waals surface area contributed by atoms with E-state index in [0.717, 1.165) is 33.7 Å². The Balaban J connectivity index is 1.83. The molecule has 0 bridgehead atoms. The molecule has 0 amide bonds. The van der Waals surface area contributed by atoms with E-state index in [1.54, 1.807) is 6.20 Å². The molecule has 6 heteroatoms. The quantitative estimate of drug-likeness (QED) is 0.649. The number of hydrogen-bond donors (Lipinski definition) is 3. The number of anilines is 2. The molecule has 2 heterocycles. The van der Waals surface area contributed by atoms with Gasteiger partial charge in [0.1, 0.15) is 12.5 Å². The third-order valence-electron chi connectivity index (χ3n) is 3.72. The van der Waals surface area contributed by atoms with Crippen LogP contribution >= 0.6 is 0 Å². The Labute approximate surface area is 139 Å². The number of nitrogens with one attached hydrogen (secondary N) is 2. The zero-order chi connectivity index (χ0) is 16.9. The fraction of sp³-hybridized carbons (Fsp3) is 0.222. The average molecular weight is 326 g/mol. The van der Waals surface area contributed by atoms with Crippen molar-refractivity contribution < 1.29 is 9.50 Å². The van der Waals surface area contributed by atoms with Crippen LogP contribution in [0, 0.1) is 0 Å². The van der Waals surface area contributed by atoms with Crippen molar-refractivity contribution in [2.45, 2.75) is 6.10 Å². The van der Waals surface area contributed by atoms with Gasteiger partial charge in [0, 0.05) is 36.4 Å². The first-order valence-electron chi connectivity index (χ1n) is 7.72. The highest BCUT2D eigenvalue weighted by Gasteiger charge is 2.05. The summed E-state index contributed by atoms with van der Waals surface area (Å²) in [4.78, 5) is 8.96. The summed E-state index contributed by atoms with van der Waals surface area (Å²) in [7, 11) is 1.83. The Kier molecular flexibility index (Phi) is 4.86. The lowest BCUT2D eigenvalue weighted by atomic mass is 10.1. The molecule has 0 aliphatic heterocycles. The van der Waals surface area contributed by atoms with Crippen LogP contribution in [0.3, 0.4) is 0 Å². The molecular formula is C18H19FN4O. The first-order chi connectivity index (χ1) is 11.7. The van der Waals surface area contributed by atoms with Gasteiger partial charge in [-0.3, -0.25) is 0 Å². The summed E-state index contributed by atoms with van der Waals surface area (Å²) in [5.41, 5.74) is 3.49. The number of rotatable bonds is 6. The third kappa shape index (κ3) is 3.60. The van der Waals surface area contributed by atoms with E-state index < -0.39 is 12.8 Å². The highest BCUT2D eigenvalue weighted by atomic mass is 19.1. The molecule has 2 aromatic heterocycles. The summed E-state index contributed by atoms with van der Waals surface area (Å²) in [5.74, 6) is 0.811. The predicted octanol–water partition coefficient (Wildman–Crippen LogP) is 3.08. The Morgan fingerprint density at radius 3 is 2.75 bits per heavy atom. The normalized spacial score (nSPS) is 12.1. The van der Waals surface area contributed by atoms with Crippen LogP contribution in [0.2, 0.25) is 0 Å². The first-order valence-corrected chi connectivity index (χ1v) is 7.72. The van der Waals surface area contributed by atoms with Gasteiger partial charge < -0.3 is 15.7 Å². The zero-order valence-corrected chi connectivity index (χ0v) is 13.3. The Morgan fingerprint density at radius 2 is 2.04 bits per heavy atom. The zero-order valence-electron chi connectivity index (χ0n) is 13.3. The van der Waals surface area contributed by atoms with Crippen molar-refractivity contribution in [1.29, 1.82) is 0 Å². The van der Waals surface area contributed by atoms with Gasteiger partial charge in [-0.15, -0.1) is 0 Å². The lowest BCUT2D eigenvalue weighted by Crippen LogP contribution is -2.21. The maximum absolute atomic E-state index is 12.3. The number of fused-ring (bicyclic) bond motifs is 1. The van der Waals surface area contributed by atoms with Gasteiger partial charge in [0.25, 0.3) is 0 Å². The molecule has 0 spiro atoms. The molecule has 0 aliphatic rings. The Hall–Kier alpha value is -2.73. The third-order valence-corrected chi connectivity index (χ3v) is 3.72. The maximum atomic E-state index is 12.3. The minimum Gasteiger partial charge on any atom is -0.389 e. The van der Waals surface area contributed by atoms with Gasteiger partial charge in [-0.05, 0) is 36.4 Å². The number of pyridine rings is 2. The molecule has 0 radical (unpaired) electrons. The fourth-order valence-electron chi connectivity index (χ4n) is 2.38. The van der Waals surface area contributed by atoms with Crippen LogP contribution in [0.1, 0.15) is 0 Å². The lowest BCUT2D eigenvalue weighted by molar-refractivity contribution is 0.151. The van der Waals surface area contributed by atoms with E-state index in [-0.39, 0.29) is 6.54 Å². The van der Waals surface area contributed by atoms with E-state index in [0.29, 0.717) is 0 Å². The van der Waals surface area contributed by atoms with Crippen LogP contribution in [0.15, 0.2) is 48.7 Å². The van der Waals surface area contributed by atoms with Crippen molar-refractivity contribution in [3.8, 4) is 11.3 Å². The van der Waals surface area contributed by atoms with Gasteiger partial charge in [0.05, 0.1) is 17.3 Å². The predicted molar refractivity (Wildman–Crippen MR) is 95.0 cm³/mol. The summed E-state index contributed by atoms with van der Waals surface area (Å²) >= 11 is 0. The molecule has 0 aliphatic carbocycles. The molecule has 1 unspecified atom stereocenters. The van der Waals surface area contributed by atoms with E-state index in [4.69, 9.17) is 0 Å². The summed E-state index contributed by atoms with van der Waals surface area (Å²) in [6.07, 6.45) is 0.795. The van der Waals surface area contributed by atoms with Crippen LogP contribution in [-0.2, 0) is 0 Å². The largest absolute Gasteiger partial charge is 0.389 e. The van der Waals surface area contributed by atoms with Crippen LogP contribution in [0.4, 0.5) is 15.9 Å². The topological polar surface area (TPSA) is 70.1 Å². The highest BCUT2D eigenvalue weighted by Crippen LogP contribution is 2.23. The molecule has 1 atom stereocenters. The van der Waals surface area contributed by atoms with Crippen molar-refractivity contribution in [3.63, 3.8) is 0 Å². The van der Waals surface area contributed by atoms with Crippen molar-refractivity contribution in [2.24, 2.45) is 0 Å². The van der Waals surface area contributed by atoms with Crippen molar-refractivity contribution in [1.82, 2.24) is 9.97 Å². The first kappa shape index (κ1) is 16.1. The Morgan fingerprint density at radius 1 is 1.17 bits per heavy atom. The molecule has 124 valence electrons. The van der Waals surface area contributed by atoms with Crippen LogP contribution in [0.25, 0.3) is 22.2 Å². The summed E-state index contributed by atoms with van der Waals surface area (Å²) in [6.45, 7) is -0.580. The van der Waals surface area contributed by atoms with Crippen LogP contribution < -0.4 is 10.6 Å². The van der Waals surface area contributed by atoms with Crippen molar-refractivity contribution in [2.75, 3.05) is 30.9 Å². The molecule has 3 rings (SSSR count). The number of alkyl halides is 1. The molecule has 0 fully saturated rings. The van der Waals surface area contributed by atoms with E-state index in [1.165, 1.54) is 0 Å². The minimum absolute atomic E-state index is 0.178. The number of aliphatic hydroxyl groups excluding tert-OH is 1.